The molecule has 1 N–H and O–H groups in total. The van der Waals surface area contributed by atoms with Crippen LogP contribution in [0.4, 0.5) is 5.69 Å². The first-order chi connectivity index (χ1) is 9.95. The number of carbonyl (C=O) groups is 1. The molecule has 0 aliphatic rings. The molecule has 0 unspecified atom stereocenters. The largest absolute Gasteiger partial charge is 0.484 e. The van der Waals surface area contributed by atoms with Gasteiger partial charge in [-0.2, -0.15) is 0 Å². The van der Waals surface area contributed by atoms with E-state index >= 15 is 0 Å². The molecule has 3 nitrogen and oxygen atoms in total. The number of halogens is 1. The Morgan fingerprint density at radius 2 is 1.81 bits per heavy atom. The van der Waals surface area contributed by atoms with Crippen LogP contribution in [0.15, 0.2) is 36.4 Å². The topological polar surface area (TPSA) is 38.3 Å². The molecule has 4 heteroatoms. The van der Waals surface area contributed by atoms with Crippen LogP contribution in [0.25, 0.3) is 0 Å². The zero-order valence-corrected chi connectivity index (χ0v) is 13.1. The van der Waals surface area contributed by atoms with Crippen molar-refractivity contribution < 1.29 is 9.53 Å². The van der Waals surface area contributed by atoms with Gasteiger partial charge in [0.25, 0.3) is 5.91 Å². The summed E-state index contributed by atoms with van der Waals surface area (Å²) in [5.41, 5.74) is 3.77. The Labute approximate surface area is 129 Å². The number of amides is 1. The van der Waals surface area contributed by atoms with Gasteiger partial charge in [0, 0.05) is 10.7 Å². The third kappa shape index (κ3) is 4.23. The van der Waals surface area contributed by atoms with Gasteiger partial charge in [-0.25, -0.2) is 0 Å². The lowest BCUT2D eigenvalue weighted by atomic mass is 10.1. The van der Waals surface area contributed by atoms with E-state index in [9.17, 15) is 4.79 Å². The molecule has 0 saturated heterocycles. The van der Waals surface area contributed by atoms with Crippen molar-refractivity contribution in [1.82, 2.24) is 0 Å². The number of hydrogen-bond acceptors (Lipinski definition) is 2. The third-order valence-electron chi connectivity index (χ3n) is 3.11. The molecule has 0 fully saturated rings. The Balaban J connectivity index is 1.97. The van der Waals surface area contributed by atoms with Crippen molar-refractivity contribution in [3.63, 3.8) is 0 Å². The van der Waals surface area contributed by atoms with Crippen molar-refractivity contribution in [3.8, 4) is 5.75 Å². The molecule has 2 rings (SSSR count). The number of ether oxygens (including phenoxy) is 1. The maximum atomic E-state index is 11.9. The molecule has 0 spiro atoms. The van der Waals surface area contributed by atoms with Crippen molar-refractivity contribution in [2.24, 2.45) is 0 Å². The third-order valence-corrected chi connectivity index (χ3v) is 3.52. The molecule has 0 radical (unpaired) electrons. The molecular formula is C17H18ClNO2. The lowest BCUT2D eigenvalue weighted by molar-refractivity contribution is -0.118. The maximum Gasteiger partial charge on any atom is 0.262 e. The smallest absolute Gasteiger partial charge is 0.262 e. The number of benzene rings is 2. The summed E-state index contributed by atoms with van der Waals surface area (Å²) in [5, 5.41) is 3.43. The van der Waals surface area contributed by atoms with Gasteiger partial charge >= 0.3 is 0 Å². The Kier molecular flexibility index (Phi) is 4.86. The highest BCUT2D eigenvalue weighted by molar-refractivity contribution is 6.31. The number of carbonyl (C=O) groups excluding carboxylic acids is 1. The van der Waals surface area contributed by atoms with Crippen LogP contribution in [0, 0.1) is 20.8 Å². The minimum Gasteiger partial charge on any atom is -0.484 e. The van der Waals surface area contributed by atoms with E-state index in [1.165, 1.54) is 0 Å². The molecule has 1 amide bonds. The Morgan fingerprint density at radius 3 is 2.48 bits per heavy atom. The number of aryl methyl sites for hydroxylation is 2. The predicted octanol–water partition coefficient (Wildman–Crippen LogP) is 4.28. The van der Waals surface area contributed by atoms with E-state index in [1.54, 1.807) is 12.1 Å². The van der Waals surface area contributed by atoms with Gasteiger partial charge in [0.05, 0.1) is 0 Å². The Bertz CT molecular complexity index is 648. The normalized spacial score (nSPS) is 10.3. The van der Waals surface area contributed by atoms with E-state index in [0.29, 0.717) is 16.5 Å². The van der Waals surface area contributed by atoms with E-state index in [-0.39, 0.29) is 12.5 Å². The molecule has 2 aromatic carbocycles. The number of nitrogens with one attached hydrogen (secondary N) is 1. The van der Waals surface area contributed by atoms with Crippen LogP contribution >= 0.6 is 11.6 Å². The summed E-state index contributed by atoms with van der Waals surface area (Å²) in [5.74, 6) is 0.491. The number of anilines is 1. The van der Waals surface area contributed by atoms with Gasteiger partial charge in [0.2, 0.25) is 0 Å². The molecule has 0 aliphatic heterocycles. The van der Waals surface area contributed by atoms with Gasteiger partial charge in [-0.1, -0.05) is 23.7 Å². The molecule has 0 bridgehead atoms. The molecular weight excluding hydrogens is 286 g/mol. The summed E-state index contributed by atoms with van der Waals surface area (Å²) in [6.45, 7) is 5.82. The van der Waals surface area contributed by atoms with Crippen LogP contribution < -0.4 is 10.1 Å². The fourth-order valence-electron chi connectivity index (χ4n) is 2.09. The van der Waals surface area contributed by atoms with Crippen molar-refractivity contribution in [2.45, 2.75) is 20.8 Å². The number of rotatable bonds is 4. The molecule has 0 atom stereocenters. The van der Waals surface area contributed by atoms with Gasteiger partial charge in [-0.3, -0.25) is 4.79 Å². The van der Waals surface area contributed by atoms with Crippen LogP contribution in [0.2, 0.25) is 5.02 Å². The highest BCUT2D eigenvalue weighted by Crippen LogP contribution is 2.23. The maximum absolute atomic E-state index is 11.9. The monoisotopic (exact) mass is 303 g/mol. The zero-order chi connectivity index (χ0) is 15.4. The Morgan fingerprint density at radius 1 is 1.14 bits per heavy atom. The second-order valence-corrected chi connectivity index (χ2v) is 5.48. The minimum atomic E-state index is -0.209. The van der Waals surface area contributed by atoms with Gasteiger partial charge in [-0.05, 0) is 61.7 Å². The summed E-state index contributed by atoms with van der Waals surface area (Å²) in [4.78, 5) is 11.9. The van der Waals surface area contributed by atoms with Crippen LogP contribution in [0.1, 0.15) is 16.7 Å². The first kappa shape index (κ1) is 15.4. The van der Waals surface area contributed by atoms with Gasteiger partial charge in [0.1, 0.15) is 5.75 Å². The van der Waals surface area contributed by atoms with E-state index in [4.69, 9.17) is 16.3 Å². The minimum absolute atomic E-state index is 0.0329. The quantitative estimate of drug-likeness (QED) is 0.915. The predicted molar refractivity (Wildman–Crippen MR) is 86.2 cm³/mol. The summed E-state index contributed by atoms with van der Waals surface area (Å²) in [7, 11) is 0. The van der Waals surface area contributed by atoms with Crippen molar-refractivity contribution in [2.75, 3.05) is 11.9 Å². The lowest BCUT2D eigenvalue weighted by Gasteiger charge is -2.11. The highest BCUT2D eigenvalue weighted by atomic mass is 35.5. The van der Waals surface area contributed by atoms with Gasteiger partial charge < -0.3 is 10.1 Å². The van der Waals surface area contributed by atoms with Crippen molar-refractivity contribution >= 4 is 23.2 Å². The van der Waals surface area contributed by atoms with Crippen molar-refractivity contribution in [3.05, 3.63) is 58.1 Å². The Hall–Kier alpha value is -2.00. The van der Waals surface area contributed by atoms with Crippen LogP contribution in [-0.4, -0.2) is 12.5 Å². The zero-order valence-electron chi connectivity index (χ0n) is 12.4. The SMILES string of the molecule is Cc1cc(C)cc(OCC(=O)Nc2cccc(Cl)c2C)c1. The molecule has 0 heterocycles. The average Bonchev–Trinajstić information content (AvgIpc) is 2.41. The summed E-state index contributed by atoms with van der Waals surface area (Å²) in [6.07, 6.45) is 0. The first-order valence-corrected chi connectivity index (χ1v) is 7.09. The number of hydrogen-bond donors (Lipinski definition) is 1. The van der Waals surface area contributed by atoms with Gasteiger partial charge in [0.15, 0.2) is 6.61 Å². The van der Waals surface area contributed by atoms with Crippen LogP contribution in [-0.2, 0) is 4.79 Å². The molecule has 0 saturated carbocycles. The summed E-state index contributed by atoms with van der Waals surface area (Å²) < 4.78 is 5.53. The van der Waals surface area contributed by atoms with Gasteiger partial charge in [-0.15, -0.1) is 0 Å². The summed E-state index contributed by atoms with van der Waals surface area (Å²) >= 11 is 6.02. The molecule has 0 aromatic heterocycles. The molecule has 2 aromatic rings. The first-order valence-electron chi connectivity index (χ1n) is 6.72. The fourth-order valence-corrected chi connectivity index (χ4v) is 2.27. The fraction of sp³-hybridized carbons (Fsp3) is 0.235. The molecule has 110 valence electrons. The van der Waals surface area contributed by atoms with Crippen LogP contribution in [0.5, 0.6) is 5.75 Å². The van der Waals surface area contributed by atoms with Crippen LogP contribution in [0.3, 0.4) is 0 Å². The highest BCUT2D eigenvalue weighted by Gasteiger charge is 2.08. The van der Waals surface area contributed by atoms with E-state index < -0.39 is 0 Å². The molecule has 21 heavy (non-hydrogen) atoms. The average molecular weight is 304 g/mol. The molecule has 0 aliphatic carbocycles. The second-order valence-electron chi connectivity index (χ2n) is 5.07. The summed E-state index contributed by atoms with van der Waals surface area (Å²) in [6, 6.07) is 11.3. The van der Waals surface area contributed by atoms with Crippen molar-refractivity contribution in [1.29, 1.82) is 0 Å². The van der Waals surface area contributed by atoms with E-state index in [2.05, 4.69) is 11.4 Å². The van der Waals surface area contributed by atoms with E-state index in [1.807, 2.05) is 39.0 Å². The lowest BCUT2D eigenvalue weighted by Crippen LogP contribution is -2.20. The second kappa shape index (κ2) is 6.64. The van der Waals surface area contributed by atoms with E-state index in [0.717, 1.165) is 16.7 Å². The standard InChI is InChI=1S/C17H18ClNO2/c1-11-7-12(2)9-14(8-11)21-10-17(20)19-16-6-4-5-15(18)13(16)3/h4-9H,10H2,1-3H3,(H,19,20).